The fraction of sp³-hybridized carbons (Fsp3) is 0.174. The normalized spacial score (nSPS) is 10.8. The maximum atomic E-state index is 13.0. The molecule has 3 N–H and O–H groups in total. The molecule has 0 aliphatic rings. The van der Waals surface area contributed by atoms with Gasteiger partial charge in [0.1, 0.15) is 5.69 Å². The third-order valence-electron chi connectivity index (χ3n) is 5.17. The smallest absolute Gasteiger partial charge is 0.274 e. The molecule has 2 amide bonds. The number of amides is 2. The monoisotopic (exact) mass is 430 g/mol. The summed E-state index contributed by atoms with van der Waals surface area (Å²) >= 11 is 0. The van der Waals surface area contributed by atoms with Crippen LogP contribution in [0.4, 0.5) is 5.69 Å². The Balaban J connectivity index is 1.62. The molecule has 0 unspecified atom stereocenters. The van der Waals surface area contributed by atoms with Crippen molar-refractivity contribution in [2.45, 2.75) is 20.4 Å². The lowest BCUT2D eigenvalue weighted by molar-refractivity contribution is 0.100. The number of rotatable bonds is 6. The molecule has 0 bridgehead atoms. The van der Waals surface area contributed by atoms with E-state index in [2.05, 4.69) is 20.4 Å². The number of para-hydroxylation sites is 1. The number of carbonyl (C=O) groups excluding carboxylic acids is 2. The minimum absolute atomic E-state index is 0.100. The van der Waals surface area contributed by atoms with E-state index in [1.807, 2.05) is 19.9 Å². The minimum Gasteiger partial charge on any atom is -0.481 e. The van der Waals surface area contributed by atoms with Crippen molar-refractivity contribution in [3.63, 3.8) is 0 Å². The van der Waals surface area contributed by atoms with Gasteiger partial charge in [0.2, 0.25) is 11.8 Å². The Hall–Kier alpha value is -4.27. The highest BCUT2D eigenvalue weighted by Crippen LogP contribution is 2.23. The van der Waals surface area contributed by atoms with Crippen LogP contribution < -0.4 is 15.8 Å². The number of anilines is 1. The van der Waals surface area contributed by atoms with Crippen molar-refractivity contribution in [1.29, 1.82) is 0 Å². The van der Waals surface area contributed by atoms with Gasteiger partial charge in [0.25, 0.3) is 5.91 Å². The highest BCUT2D eigenvalue weighted by atomic mass is 16.5. The van der Waals surface area contributed by atoms with E-state index in [-0.39, 0.29) is 11.3 Å². The number of nitrogens with one attached hydrogen (secondary N) is 1. The molecule has 0 saturated carbocycles. The van der Waals surface area contributed by atoms with Gasteiger partial charge in [-0.2, -0.15) is 5.10 Å². The van der Waals surface area contributed by atoms with Crippen molar-refractivity contribution in [3.8, 4) is 5.88 Å². The molecule has 9 heteroatoms. The number of benzene rings is 1. The highest BCUT2D eigenvalue weighted by Gasteiger charge is 2.19. The summed E-state index contributed by atoms with van der Waals surface area (Å²) in [5.41, 5.74) is 9.36. The molecule has 3 heterocycles. The Morgan fingerprint density at radius 2 is 1.94 bits per heavy atom. The zero-order chi connectivity index (χ0) is 22.8. The molecule has 3 aromatic heterocycles. The van der Waals surface area contributed by atoms with Crippen LogP contribution in [0.5, 0.6) is 5.88 Å². The molecule has 0 aliphatic carbocycles. The number of nitrogens with zero attached hydrogens (tertiary/aromatic N) is 4. The van der Waals surface area contributed by atoms with E-state index in [0.717, 1.165) is 11.3 Å². The predicted octanol–water partition coefficient (Wildman–Crippen LogP) is 2.85. The average molecular weight is 430 g/mol. The standard InChI is InChI=1S/C23H22N6O3/c1-13-21(14(2)29(28-13)12-15-8-9-20(32-3)25-11-15)27-23(31)19-10-17(22(24)30)16-6-4-5-7-18(16)26-19/h4-11H,12H2,1-3H3,(H2,24,30)(H,27,31). The number of methoxy groups -OCH3 is 1. The van der Waals surface area contributed by atoms with Crippen LogP contribution >= 0.6 is 0 Å². The van der Waals surface area contributed by atoms with Gasteiger partial charge in [0.05, 0.1) is 41.8 Å². The number of primary amides is 1. The van der Waals surface area contributed by atoms with Gasteiger partial charge in [-0.25, -0.2) is 9.97 Å². The topological polar surface area (TPSA) is 125 Å². The summed E-state index contributed by atoms with van der Waals surface area (Å²) in [6.45, 7) is 4.17. The lowest BCUT2D eigenvalue weighted by atomic mass is 10.1. The zero-order valence-electron chi connectivity index (χ0n) is 17.9. The summed E-state index contributed by atoms with van der Waals surface area (Å²) < 4.78 is 6.87. The number of nitrogens with two attached hydrogens (primary N) is 1. The van der Waals surface area contributed by atoms with Crippen LogP contribution in [0, 0.1) is 13.8 Å². The van der Waals surface area contributed by atoms with E-state index < -0.39 is 11.8 Å². The van der Waals surface area contributed by atoms with E-state index in [0.29, 0.717) is 34.7 Å². The predicted molar refractivity (Wildman–Crippen MR) is 120 cm³/mol. The second kappa shape index (κ2) is 8.46. The van der Waals surface area contributed by atoms with Crippen LogP contribution in [0.2, 0.25) is 0 Å². The SMILES string of the molecule is COc1ccc(Cn2nc(C)c(NC(=O)c3cc(C(N)=O)c4ccccc4n3)c2C)cn1. The fourth-order valence-corrected chi connectivity index (χ4v) is 3.50. The summed E-state index contributed by atoms with van der Waals surface area (Å²) in [4.78, 5) is 33.5. The summed E-state index contributed by atoms with van der Waals surface area (Å²) in [5, 5.41) is 8.02. The Kier molecular flexibility index (Phi) is 5.55. The van der Waals surface area contributed by atoms with Gasteiger partial charge in [-0.1, -0.05) is 24.3 Å². The van der Waals surface area contributed by atoms with E-state index in [9.17, 15) is 9.59 Å². The van der Waals surface area contributed by atoms with Crippen LogP contribution in [0.15, 0.2) is 48.7 Å². The quantitative estimate of drug-likeness (QED) is 0.485. The largest absolute Gasteiger partial charge is 0.481 e. The van der Waals surface area contributed by atoms with Gasteiger partial charge < -0.3 is 15.8 Å². The molecule has 0 atom stereocenters. The molecular weight excluding hydrogens is 408 g/mol. The first kappa shape index (κ1) is 21.0. The van der Waals surface area contributed by atoms with Gasteiger partial charge in [0.15, 0.2) is 0 Å². The van der Waals surface area contributed by atoms with Gasteiger partial charge in [-0.3, -0.25) is 14.3 Å². The average Bonchev–Trinajstić information content (AvgIpc) is 3.05. The maximum Gasteiger partial charge on any atom is 0.274 e. The number of ether oxygens (including phenoxy) is 1. The number of hydrogen-bond donors (Lipinski definition) is 2. The van der Waals surface area contributed by atoms with Crippen LogP contribution in [-0.2, 0) is 6.54 Å². The molecule has 9 nitrogen and oxygen atoms in total. The number of pyridine rings is 2. The van der Waals surface area contributed by atoms with Crippen LogP contribution in [0.3, 0.4) is 0 Å². The third kappa shape index (κ3) is 4.00. The van der Waals surface area contributed by atoms with Crippen LogP contribution in [0.1, 0.15) is 37.8 Å². The van der Waals surface area contributed by atoms with Crippen molar-refractivity contribution in [2.75, 3.05) is 12.4 Å². The Labute approximate surface area is 184 Å². The molecule has 162 valence electrons. The van der Waals surface area contributed by atoms with Crippen LogP contribution in [0.25, 0.3) is 10.9 Å². The second-order valence-electron chi connectivity index (χ2n) is 7.30. The number of hydrogen-bond acceptors (Lipinski definition) is 6. The van der Waals surface area contributed by atoms with Crippen LogP contribution in [-0.4, -0.2) is 38.7 Å². The molecule has 0 spiro atoms. The number of aryl methyl sites for hydroxylation is 1. The highest BCUT2D eigenvalue weighted by molar-refractivity contribution is 6.10. The van der Waals surface area contributed by atoms with E-state index in [4.69, 9.17) is 10.5 Å². The van der Waals surface area contributed by atoms with Crippen molar-refractivity contribution in [2.24, 2.45) is 5.73 Å². The lowest BCUT2D eigenvalue weighted by Gasteiger charge is -2.09. The first-order valence-electron chi connectivity index (χ1n) is 9.91. The van der Waals surface area contributed by atoms with Crippen molar-refractivity contribution < 1.29 is 14.3 Å². The second-order valence-corrected chi connectivity index (χ2v) is 7.30. The molecule has 32 heavy (non-hydrogen) atoms. The lowest BCUT2D eigenvalue weighted by Crippen LogP contribution is -2.18. The molecule has 0 saturated heterocycles. The number of carbonyl (C=O) groups is 2. The van der Waals surface area contributed by atoms with Crippen molar-refractivity contribution in [1.82, 2.24) is 19.7 Å². The number of fused-ring (bicyclic) bond motifs is 1. The maximum absolute atomic E-state index is 13.0. The summed E-state index contributed by atoms with van der Waals surface area (Å²) in [5.74, 6) is -0.533. The zero-order valence-corrected chi connectivity index (χ0v) is 17.9. The fourth-order valence-electron chi connectivity index (χ4n) is 3.50. The molecule has 4 rings (SSSR count). The Morgan fingerprint density at radius 3 is 2.62 bits per heavy atom. The molecule has 0 radical (unpaired) electrons. The first-order valence-corrected chi connectivity index (χ1v) is 9.91. The first-order chi connectivity index (χ1) is 15.4. The summed E-state index contributed by atoms with van der Waals surface area (Å²) in [7, 11) is 1.56. The van der Waals surface area contributed by atoms with Gasteiger partial charge in [-0.05, 0) is 31.5 Å². The van der Waals surface area contributed by atoms with E-state index >= 15 is 0 Å². The van der Waals surface area contributed by atoms with E-state index in [1.54, 1.807) is 48.3 Å². The Morgan fingerprint density at radius 1 is 1.16 bits per heavy atom. The van der Waals surface area contributed by atoms with Crippen molar-refractivity contribution >= 4 is 28.4 Å². The van der Waals surface area contributed by atoms with Crippen molar-refractivity contribution in [3.05, 3.63) is 76.9 Å². The number of aromatic nitrogens is 4. The Bertz CT molecular complexity index is 1330. The molecule has 0 aliphatic heterocycles. The summed E-state index contributed by atoms with van der Waals surface area (Å²) in [6.07, 6.45) is 1.72. The van der Waals surface area contributed by atoms with Gasteiger partial charge in [0, 0.05) is 17.6 Å². The van der Waals surface area contributed by atoms with Gasteiger partial charge in [-0.15, -0.1) is 0 Å². The third-order valence-corrected chi connectivity index (χ3v) is 5.17. The molecule has 0 fully saturated rings. The molecular formula is C23H22N6O3. The van der Waals surface area contributed by atoms with E-state index in [1.165, 1.54) is 6.07 Å². The minimum atomic E-state index is -0.620. The molecule has 1 aromatic carbocycles. The summed E-state index contributed by atoms with van der Waals surface area (Å²) in [6, 6.07) is 12.2. The molecule has 4 aromatic rings. The van der Waals surface area contributed by atoms with Gasteiger partial charge >= 0.3 is 0 Å².